The lowest BCUT2D eigenvalue weighted by Crippen LogP contribution is -2.52. The number of para-hydroxylation sites is 1. The highest BCUT2D eigenvalue weighted by atomic mass is 35.5. The molecule has 6 nitrogen and oxygen atoms in total. The Balaban J connectivity index is 1.73. The van der Waals surface area contributed by atoms with E-state index in [1.165, 1.54) is 0 Å². The number of halogens is 1. The fourth-order valence-corrected chi connectivity index (χ4v) is 3.60. The Morgan fingerprint density at radius 3 is 2.83 bits per heavy atom. The molecule has 0 spiro atoms. The summed E-state index contributed by atoms with van der Waals surface area (Å²) in [5.74, 6) is -0.308. The van der Waals surface area contributed by atoms with E-state index in [1.54, 1.807) is 15.9 Å². The minimum absolute atomic E-state index is 0.0352. The van der Waals surface area contributed by atoms with Gasteiger partial charge in [-0.15, -0.1) is 5.10 Å². The summed E-state index contributed by atoms with van der Waals surface area (Å²) < 4.78 is 3.88. The van der Waals surface area contributed by atoms with Crippen LogP contribution in [0.5, 0.6) is 0 Å². The maximum atomic E-state index is 12.7. The van der Waals surface area contributed by atoms with Gasteiger partial charge >= 0.3 is 0 Å². The lowest BCUT2D eigenvalue weighted by Gasteiger charge is -2.34. The van der Waals surface area contributed by atoms with E-state index in [0.717, 1.165) is 18.0 Å². The number of hydrogen-bond acceptors (Lipinski definition) is 5. The van der Waals surface area contributed by atoms with Crippen molar-refractivity contribution in [1.82, 2.24) is 14.5 Å². The highest BCUT2D eigenvalue weighted by Gasteiger charge is 2.31. The maximum Gasteiger partial charge on any atom is 0.268 e. The number of carbonyl (C=O) groups is 2. The molecule has 1 aromatic heterocycles. The second-order valence-corrected chi connectivity index (χ2v) is 6.68. The molecule has 0 bridgehead atoms. The molecular formula is C16H17ClN4O2S. The standard InChI is InChI=1S/C16H17ClN4O2S/c1-2-5-12-15(24-19-18-12)16(23)20-8-9-21(14(22)10-20)13-7-4-3-6-11(13)17/h3-4,6-7H,2,5,8-10H2,1H3. The summed E-state index contributed by atoms with van der Waals surface area (Å²) in [6.07, 6.45) is 1.61. The molecule has 126 valence electrons. The van der Waals surface area contributed by atoms with Crippen molar-refractivity contribution < 1.29 is 9.59 Å². The Kier molecular flexibility index (Phi) is 5.11. The maximum absolute atomic E-state index is 12.7. The fourth-order valence-electron chi connectivity index (χ4n) is 2.69. The van der Waals surface area contributed by atoms with E-state index in [-0.39, 0.29) is 18.4 Å². The third-order valence-corrected chi connectivity index (χ3v) is 4.96. The zero-order valence-corrected chi connectivity index (χ0v) is 14.8. The Hall–Kier alpha value is -1.99. The second-order valence-electron chi connectivity index (χ2n) is 5.52. The van der Waals surface area contributed by atoms with Gasteiger partial charge in [0.1, 0.15) is 11.4 Å². The molecule has 0 radical (unpaired) electrons. The average molecular weight is 365 g/mol. The molecular weight excluding hydrogens is 348 g/mol. The van der Waals surface area contributed by atoms with Gasteiger partial charge in [0.15, 0.2) is 0 Å². The summed E-state index contributed by atoms with van der Waals surface area (Å²) in [5.41, 5.74) is 1.40. The molecule has 2 aromatic rings. The Bertz CT molecular complexity index is 764. The molecule has 2 heterocycles. The minimum atomic E-state index is -0.166. The summed E-state index contributed by atoms with van der Waals surface area (Å²) in [4.78, 5) is 28.9. The molecule has 1 aliphatic heterocycles. The van der Waals surface area contributed by atoms with Crippen LogP contribution in [0.25, 0.3) is 0 Å². The van der Waals surface area contributed by atoms with Gasteiger partial charge in [-0.2, -0.15) is 0 Å². The van der Waals surface area contributed by atoms with Crippen LogP contribution >= 0.6 is 23.1 Å². The van der Waals surface area contributed by atoms with Crippen molar-refractivity contribution in [3.63, 3.8) is 0 Å². The fraction of sp³-hybridized carbons (Fsp3) is 0.375. The molecule has 3 rings (SSSR count). The molecule has 0 aliphatic carbocycles. The Labute approximate surface area is 149 Å². The smallest absolute Gasteiger partial charge is 0.268 e. The van der Waals surface area contributed by atoms with E-state index in [9.17, 15) is 9.59 Å². The molecule has 0 N–H and O–H groups in total. The first-order valence-corrected chi connectivity index (χ1v) is 8.92. The number of anilines is 1. The second kappa shape index (κ2) is 7.27. The molecule has 1 aromatic carbocycles. The van der Waals surface area contributed by atoms with Crippen LogP contribution in [0.15, 0.2) is 24.3 Å². The largest absolute Gasteiger partial charge is 0.327 e. The third kappa shape index (κ3) is 3.27. The number of carbonyl (C=O) groups excluding carboxylic acids is 2. The SMILES string of the molecule is CCCc1nnsc1C(=O)N1CCN(c2ccccc2Cl)C(=O)C1. The summed E-state index contributed by atoms with van der Waals surface area (Å²) >= 11 is 7.26. The number of rotatable bonds is 4. The van der Waals surface area contributed by atoms with Crippen molar-refractivity contribution >= 4 is 40.6 Å². The molecule has 1 fully saturated rings. The van der Waals surface area contributed by atoms with E-state index in [0.29, 0.717) is 40.8 Å². The predicted octanol–water partition coefficient (Wildman–Crippen LogP) is 2.63. The van der Waals surface area contributed by atoms with Crippen molar-refractivity contribution in [2.45, 2.75) is 19.8 Å². The van der Waals surface area contributed by atoms with Crippen LogP contribution in [-0.4, -0.2) is 45.9 Å². The van der Waals surface area contributed by atoms with Crippen molar-refractivity contribution in [3.05, 3.63) is 39.9 Å². The van der Waals surface area contributed by atoms with Crippen LogP contribution in [0.1, 0.15) is 28.7 Å². The summed E-state index contributed by atoms with van der Waals surface area (Å²) in [6.45, 7) is 2.94. The van der Waals surface area contributed by atoms with E-state index < -0.39 is 0 Å². The molecule has 0 unspecified atom stereocenters. The number of benzene rings is 1. The number of amides is 2. The Morgan fingerprint density at radius 2 is 2.12 bits per heavy atom. The van der Waals surface area contributed by atoms with Gasteiger partial charge in [-0.25, -0.2) is 0 Å². The van der Waals surface area contributed by atoms with E-state index >= 15 is 0 Å². The first-order chi connectivity index (χ1) is 11.6. The molecule has 1 saturated heterocycles. The summed E-state index contributed by atoms with van der Waals surface area (Å²) in [7, 11) is 0. The molecule has 0 saturated carbocycles. The summed E-state index contributed by atoms with van der Waals surface area (Å²) in [5, 5.41) is 4.55. The number of aromatic nitrogens is 2. The van der Waals surface area contributed by atoms with E-state index in [2.05, 4.69) is 9.59 Å². The van der Waals surface area contributed by atoms with Crippen LogP contribution < -0.4 is 4.90 Å². The highest BCUT2D eigenvalue weighted by Crippen LogP contribution is 2.27. The first kappa shape index (κ1) is 16.9. The van der Waals surface area contributed by atoms with Gasteiger partial charge in [-0.05, 0) is 30.1 Å². The summed E-state index contributed by atoms with van der Waals surface area (Å²) in [6, 6.07) is 7.22. The van der Waals surface area contributed by atoms with Crippen molar-refractivity contribution in [3.8, 4) is 0 Å². The van der Waals surface area contributed by atoms with Crippen molar-refractivity contribution in [2.75, 3.05) is 24.5 Å². The van der Waals surface area contributed by atoms with Gasteiger partial charge in [0, 0.05) is 13.1 Å². The van der Waals surface area contributed by atoms with Gasteiger partial charge in [-0.3, -0.25) is 9.59 Å². The van der Waals surface area contributed by atoms with Crippen LogP contribution in [0, 0.1) is 0 Å². The van der Waals surface area contributed by atoms with E-state index in [1.807, 2.05) is 25.1 Å². The molecule has 1 aliphatic rings. The first-order valence-electron chi connectivity index (χ1n) is 7.77. The van der Waals surface area contributed by atoms with Crippen LogP contribution in [0.4, 0.5) is 5.69 Å². The van der Waals surface area contributed by atoms with Crippen molar-refractivity contribution in [2.24, 2.45) is 0 Å². The molecule has 8 heteroatoms. The number of hydrogen-bond donors (Lipinski definition) is 0. The normalized spacial score (nSPS) is 15.0. The lowest BCUT2D eigenvalue weighted by molar-refractivity contribution is -0.120. The van der Waals surface area contributed by atoms with Crippen molar-refractivity contribution in [1.29, 1.82) is 0 Å². The lowest BCUT2D eigenvalue weighted by atomic mass is 10.2. The van der Waals surface area contributed by atoms with Gasteiger partial charge in [0.25, 0.3) is 5.91 Å². The zero-order valence-electron chi connectivity index (χ0n) is 13.2. The Morgan fingerprint density at radius 1 is 1.33 bits per heavy atom. The van der Waals surface area contributed by atoms with Gasteiger partial charge in [0.2, 0.25) is 5.91 Å². The number of nitrogens with zero attached hydrogens (tertiary/aromatic N) is 4. The molecule has 0 atom stereocenters. The monoisotopic (exact) mass is 364 g/mol. The van der Waals surface area contributed by atoms with Gasteiger partial charge < -0.3 is 9.80 Å². The topological polar surface area (TPSA) is 66.4 Å². The zero-order chi connectivity index (χ0) is 17.1. The molecule has 24 heavy (non-hydrogen) atoms. The van der Waals surface area contributed by atoms with Gasteiger partial charge in [-0.1, -0.05) is 41.6 Å². The predicted molar refractivity (Wildman–Crippen MR) is 93.6 cm³/mol. The van der Waals surface area contributed by atoms with Crippen LogP contribution in [0.3, 0.4) is 0 Å². The van der Waals surface area contributed by atoms with E-state index in [4.69, 9.17) is 11.6 Å². The van der Waals surface area contributed by atoms with Gasteiger partial charge in [0.05, 0.1) is 16.4 Å². The minimum Gasteiger partial charge on any atom is -0.327 e. The number of piperazine rings is 1. The third-order valence-electron chi connectivity index (χ3n) is 3.89. The average Bonchev–Trinajstić information content (AvgIpc) is 3.03. The number of aryl methyl sites for hydroxylation is 1. The highest BCUT2D eigenvalue weighted by molar-refractivity contribution is 7.08. The van der Waals surface area contributed by atoms with Crippen LogP contribution in [0.2, 0.25) is 5.02 Å². The quantitative estimate of drug-likeness (QED) is 0.836. The molecule has 2 amide bonds. The van der Waals surface area contributed by atoms with Crippen LogP contribution in [-0.2, 0) is 11.2 Å².